The number of aliphatic hydroxyl groups excluding tert-OH is 1. The number of urea groups is 1. The van der Waals surface area contributed by atoms with Crippen molar-refractivity contribution in [2.45, 2.75) is 45.3 Å². The van der Waals surface area contributed by atoms with Crippen molar-refractivity contribution in [2.75, 3.05) is 13.7 Å². The second-order valence-electron chi connectivity index (χ2n) is 5.31. The smallest absolute Gasteiger partial charge is 0.314 e. The van der Waals surface area contributed by atoms with Gasteiger partial charge in [-0.2, -0.15) is 0 Å². The molecular weight excluding hydrogens is 268 g/mol. The molecule has 0 heterocycles. The highest BCUT2D eigenvalue weighted by Gasteiger charge is 2.12. The van der Waals surface area contributed by atoms with Gasteiger partial charge < -0.3 is 20.5 Å². The van der Waals surface area contributed by atoms with Gasteiger partial charge in [-0.15, -0.1) is 0 Å². The summed E-state index contributed by atoms with van der Waals surface area (Å²) >= 11 is 0. The molecule has 5 nitrogen and oxygen atoms in total. The zero-order valence-corrected chi connectivity index (χ0v) is 13.1. The van der Waals surface area contributed by atoms with Gasteiger partial charge in [-0.3, -0.25) is 0 Å². The van der Waals surface area contributed by atoms with Gasteiger partial charge in [0, 0.05) is 18.2 Å². The van der Waals surface area contributed by atoms with Crippen molar-refractivity contribution in [1.82, 2.24) is 10.6 Å². The molecule has 1 aromatic rings. The van der Waals surface area contributed by atoms with Crippen LogP contribution in [0.15, 0.2) is 24.3 Å². The van der Waals surface area contributed by atoms with E-state index >= 15 is 0 Å². The van der Waals surface area contributed by atoms with E-state index in [1.807, 2.05) is 38.1 Å². The summed E-state index contributed by atoms with van der Waals surface area (Å²) < 4.78 is 5.24. The Balaban J connectivity index is 2.25. The lowest BCUT2D eigenvalue weighted by Crippen LogP contribution is -2.39. The molecule has 0 saturated carbocycles. The summed E-state index contributed by atoms with van der Waals surface area (Å²) in [4.78, 5) is 11.4. The number of aliphatic hydroxyl groups is 1. The SMILES string of the molecule is COc1ccccc1C(O)CCCCNC(=O)NC(C)C. The molecule has 5 heteroatoms. The van der Waals surface area contributed by atoms with Gasteiger partial charge >= 0.3 is 6.03 Å². The van der Waals surface area contributed by atoms with Gasteiger partial charge in [0.15, 0.2) is 0 Å². The Morgan fingerprint density at radius 3 is 2.67 bits per heavy atom. The summed E-state index contributed by atoms with van der Waals surface area (Å²) in [7, 11) is 1.60. The van der Waals surface area contributed by atoms with Gasteiger partial charge in [0.05, 0.1) is 13.2 Å². The number of hydrogen-bond acceptors (Lipinski definition) is 3. The maximum absolute atomic E-state index is 11.4. The standard InChI is InChI=1S/C16H26N2O3/c1-12(2)18-16(20)17-11-7-6-9-14(19)13-8-4-5-10-15(13)21-3/h4-5,8,10,12,14,19H,6-7,9,11H2,1-3H3,(H2,17,18,20). The molecule has 3 N–H and O–H groups in total. The number of amides is 2. The third-order valence-electron chi connectivity index (χ3n) is 3.11. The Hall–Kier alpha value is -1.75. The van der Waals surface area contributed by atoms with Gasteiger partial charge in [-0.25, -0.2) is 4.79 Å². The number of rotatable bonds is 8. The minimum absolute atomic E-state index is 0.136. The molecular formula is C16H26N2O3. The molecule has 0 aliphatic carbocycles. The Kier molecular flexibility index (Phi) is 7.61. The molecule has 0 bridgehead atoms. The van der Waals surface area contributed by atoms with Gasteiger partial charge in [0.2, 0.25) is 0 Å². The van der Waals surface area contributed by atoms with E-state index in [1.165, 1.54) is 0 Å². The molecule has 0 saturated heterocycles. The Labute approximate surface area is 126 Å². The molecule has 0 aliphatic heterocycles. The van der Waals surface area contributed by atoms with E-state index in [2.05, 4.69) is 10.6 Å². The fraction of sp³-hybridized carbons (Fsp3) is 0.562. The molecule has 1 rings (SSSR count). The zero-order chi connectivity index (χ0) is 15.7. The van der Waals surface area contributed by atoms with Gasteiger partial charge in [0.1, 0.15) is 5.75 Å². The predicted molar refractivity (Wildman–Crippen MR) is 83.5 cm³/mol. The lowest BCUT2D eigenvalue weighted by molar-refractivity contribution is 0.159. The fourth-order valence-electron chi connectivity index (χ4n) is 2.08. The monoisotopic (exact) mass is 294 g/mol. The average molecular weight is 294 g/mol. The van der Waals surface area contributed by atoms with Crippen LogP contribution >= 0.6 is 0 Å². The van der Waals surface area contributed by atoms with Crippen LogP contribution in [0.1, 0.15) is 44.8 Å². The second-order valence-corrected chi connectivity index (χ2v) is 5.31. The first kappa shape index (κ1) is 17.3. The summed E-state index contributed by atoms with van der Waals surface area (Å²) in [6.07, 6.45) is 1.78. The molecule has 1 atom stereocenters. The van der Waals surface area contributed by atoms with E-state index in [4.69, 9.17) is 4.74 Å². The Morgan fingerprint density at radius 1 is 1.29 bits per heavy atom. The van der Waals surface area contributed by atoms with Crippen LogP contribution in [0.4, 0.5) is 4.79 Å². The number of nitrogens with one attached hydrogen (secondary N) is 2. The normalized spacial score (nSPS) is 12.0. The lowest BCUT2D eigenvalue weighted by atomic mass is 10.0. The highest BCUT2D eigenvalue weighted by Crippen LogP contribution is 2.27. The van der Waals surface area contributed by atoms with Crippen molar-refractivity contribution in [2.24, 2.45) is 0 Å². The van der Waals surface area contributed by atoms with Crippen LogP contribution in [-0.2, 0) is 0 Å². The van der Waals surface area contributed by atoms with Crippen LogP contribution in [0.5, 0.6) is 5.75 Å². The molecule has 0 radical (unpaired) electrons. The number of hydrogen-bond donors (Lipinski definition) is 3. The van der Waals surface area contributed by atoms with Crippen molar-refractivity contribution < 1.29 is 14.6 Å². The van der Waals surface area contributed by atoms with E-state index < -0.39 is 6.10 Å². The van der Waals surface area contributed by atoms with E-state index in [-0.39, 0.29) is 12.1 Å². The first-order valence-electron chi connectivity index (χ1n) is 7.40. The molecule has 1 unspecified atom stereocenters. The van der Waals surface area contributed by atoms with E-state index in [1.54, 1.807) is 7.11 Å². The molecule has 0 aromatic heterocycles. The number of unbranched alkanes of at least 4 members (excludes halogenated alkanes) is 1. The minimum atomic E-state index is -0.536. The summed E-state index contributed by atoms with van der Waals surface area (Å²) in [6, 6.07) is 7.48. The Bertz CT molecular complexity index is 435. The maximum atomic E-state index is 11.4. The Morgan fingerprint density at radius 2 is 2.00 bits per heavy atom. The molecule has 0 fully saturated rings. The van der Waals surface area contributed by atoms with Crippen LogP contribution < -0.4 is 15.4 Å². The third-order valence-corrected chi connectivity index (χ3v) is 3.11. The van der Waals surface area contributed by atoms with Crippen LogP contribution in [0.3, 0.4) is 0 Å². The zero-order valence-electron chi connectivity index (χ0n) is 13.1. The van der Waals surface area contributed by atoms with Crippen molar-refractivity contribution in [3.05, 3.63) is 29.8 Å². The second kappa shape index (κ2) is 9.23. The average Bonchev–Trinajstić information content (AvgIpc) is 2.45. The van der Waals surface area contributed by atoms with Gasteiger partial charge in [0.25, 0.3) is 0 Å². The number of carbonyl (C=O) groups excluding carboxylic acids is 1. The van der Waals surface area contributed by atoms with E-state index in [0.717, 1.165) is 18.4 Å². The van der Waals surface area contributed by atoms with Gasteiger partial charge in [-0.1, -0.05) is 18.2 Å². The summed E-state index contributed by atoms with van der Waals surface area (Å²) in [5, 5.41) is 15.7. The predicted octanol–water partition coefficient (Wildman–Crippen LogP) is 2.61. The number of carbonyl (C=O) groups is 1. The number of methoxy groups -OCH3 is 1. The van der Waals surface area contributed by atoms with E-state index in [9.17, 15) is 9.90 Å². The third kappa shape index (κ3) is 6.49. The van der Waals surface area contributed by atoms with E-state index in [0.29, 0.717) is 18.7 Å². The summed E-state index contributed by atoms with van der Waals surface area (Å²) in [5.74, 6) is 0.708. The lowest BCUT2D eigenvalue weighted by Gasteiger charge is -2.14. The number of para-hydroxylation sites is 1. The largest absolute Gasteiger partial charge is 0.496 e. The van der Waals surface area contributed by atoms with Crippen molar-refractivity contribution >= 4 is 6.03 Å². The summed E-state index contributed by atoms with van der Waals surface area (Å²) in [5.41, 5.74) is 0.811. The number of benzene rings is 1. The van der Waals surface area contributed by atoms with Crippen molar-refractivity contribution in [1.29, 1.82) is 0 Å². The first-order chi connectivity index (χ1) is 10.0. The number of ether oxygens (including phenoxy) is 1. The molecule has 1 aromatic carbocycles. The molecule has 0 spiro atoms. The highest BCUT2D eigenvalue weighted by atomic mass is 16.5. The summed E-state index contributed by atoms with van der Waals surface area (Å²) in [6.45, 7) is 4.45. The van der Waals surface area contributed by atoms with Crippen molar-refractivity contribution in [3.8, 4) is 5.75 Å². The molecule has 118 valence electrons. The van der Waals surface area contributed by atoms with Crippen molar-refractivity contribution in [3.63, 3.8) is 0 Å². The topological polar surface area (TPSA) is 70.6 Å². The molecule has 21 heavy (non-hydrogen) atoms. The first-order valence-corrected chi connectivity index (χ1v) is 7.40. The quantitative estimate of drug-likeness (QED) is 0.645. The minimum Gasteiger partial charge on any atom is -0.496 e. The molecule has 0 aliphatic rings. The van der Waals surface area contributed by atoms with Gasteiger partial charge in [-0.05, 0) is 39.2 Å². The fourth-order valence-corrected chi connectivity index (χ4v) is 2.08. The maximum Gasteiger partial charge on any atom is 0.314 e. The van der Waals surface area contributed by atoms with Crippen LogP contribution in [0, 0.1) is 0 Å². The highest BCUT2D eigenvalue weighted by molar-refractivity contribution is 5.73. The van der Waals surface area contributed by atoms with Crippen LogP contribution in [0.25, 0.3) is 0 Å². The molecule has 2 amide bonds. The van der Waals surface area contributed by atoms with Crippen LogP contribution in [-0.4, -0.2) is 30.8 Å². The van der Waals surface area contributed by atoms with Crippen LogP contribution in [0.2, 0.25) is 0 Å².